The molecule has 1 aromatic heterocycles. The van der Waals surface area contributed by atoms with Gasteiger partial charge in [-0.15, -0.1) is 0 Å². The van der Waals surface area contributed by atoms with Crippen LogP contribution in [0.25, 0.3) is 10.9 Å². The monoisotopic (exact) mass is 888 g/mol. The number of likely N-dealkylation sites (tertiary alicyclic amines) is 1. The van der Waals surface area contributed by atoms with E-state index in [-0.39, 0.29) is 43.2 Å². The van der Waals surface area contributed by atoms with E-state index in [0.717, 1.165) is 30.5 Å². The lowest BCUT2D eigenvalue weighted by molar-refractivity contribution is -0.913. The molecule has 2 aliphatic heterocycles. The van der Waals surface area contributed by atoms with Crippen LogP contribution < -0.4 is 48.8 Å². The lowest BCUT2D eigenvalue weighted by atomic mass is 10.1. The fraction of sp³-hybridized carbons (Fsp3) is 0.500. The number of Topliss-reactive ketones (excluding diaryl/α,β-unsaturated/α-hetero) is 1. The first kappa shape index (κ1) is 44.0. The number of nitrogens with one attached hydrogen (secondary N) is 2. The lowest BCUT2D eigenvalue weighted by Crippen LogP contribution is -3.00. The number of aromatic nitrogens is 1. The molecule has 0 bridgehead atoms. The van der Waals surface area contributed by atoms with Crippen molar-refractivity contribution in [3.8, 4) is 17.2 Å². The predicted molar refractivity (Wildman–Crippen MR) is 204 cm³/mol. The van der Waals surface area contributed by atoms with E-state index in [9.17, 15) is 24.0 Å². The van der Waals surface area contributed by atoms with Gasteiger partial charge in [-0.25, -0.2) is 4.79 Å². The Hall–Kier alpha value is -4.71. The van der Waals surface area contributed by atoms with Crippen molar-refractivity contribution in [3.63, 3.8) is 0 Å². The molecule has 5 rings (SSSR count). The van der Waals surface area contributed by atoms with E-state index in [4.69, 9.17) is 18.9 Å². The summed E-state index contributed by atoms with van der Waals surface area (Å²) in [5, 5.41) is 5.90. The quantitative estimate of drug-likeness (QED) is 0.0999. The minimum Gasteiger partial charge on any atom is -1.00 e. The minimum absolute atomic E-state index is 0. The number of piperazine rings is 1. The Morgan fingerprint density at radius 1 is 0.929 bits per heavy atom. The molecule has 2 saturated heterocycles. The number of hydrogen-bond donors (Lipinski definition) is 2. The molecule has 2 fully saturated rings. The van der Waals surface area contributed by atoms with Crippen LogP contribution in [0.15, 0.2) is 48.7 Å². The number of rotatable bonds is 14. The SMILES string of the molecule is COc1ccc(CNC(=O)C(=O)[C@@H]2CCCN2C(=O)CNC(=O)c2ccnc3ccc(OCCC[N+]4(C)CCN(C(=O)OC(C)(C)C)CC4)cc23)cc1OC.[I-]. The Bertz CT molecular complexity index is 1890. The molecule has 1 atom stereocenters. The first-order chi connectivity index (χ1) is 26.2. The molecule has 2 aromatic carbocycles. The Balaban J connectivity index is 0.00000696. The van der Waals surface area contributed by atoms with Gasteiger partial charge >= 0.3 is 6.09 Å². The van der Waals surface area contributed by atoms with E-state index in [0.29, 0.717) is 78.4 Å². The number of halogens is 1. The number of amides is 4. The number of benzene rings is 2. The molecule has 2 N–H and O–H groups in total. The van der Waals surface area contributed by atoms with Gasteiger partial charge in [0, 0.05) is 31.1 Å². The summed E-state index contributed by atoms with van der Waals surface area (Å²) in [7, 11) is 5.22. The van der Waals surface area contributed by atoms with E-state index in [1.54, 1.807) is 41.3 Å². The third kappa shape index (κ3) is 11.4. The highest BCUT2D eigenvalue weighted by Gasteiger charge is 2.37. The lowest BCUT2D eigenvalue weighted by Gasteiger charge is -2.42. The molecule has 3 aromatic rings. The maximum Gasteiger partial charge on any atom is 0.410 e. The second-order valence-corrected chi connectivity index (χ2v) is 15.2. The largest absolute Gasteiger partial charge is 1.00 e. The topological polar surface area (TPSA) is 166 Å². The van der Waals surface area contributed by atoms with Crippen LogP contribution in [0.4, 0.5) is 4.79 Å². The standard InChI is InChI=1S/C40H52N6O9.HI/c1-40(2,3)55-39(51)44-17-20-46(4,21-18-44)19-8-22-54-28-11-12-31-30(24-28)29(14-15-41-31)37(49)43-26-35(47)45-16-7-9-32(45)36(48)38(50)42-25-27-10-13-33(52-5)34(23-27)53-6;/h10-15,23-24,32H,7-9,16-22,25-26H2,1-6H3,(H-,42,43,49,50);1H/t32-;/m0./s1. The van der Waals surface area contributed by atoms with Gasteiger partial charge in [0.1, 0.15) is 17.4 Å². The highest BCUT2D eigenvalue weighted by atomic mass is 127. The maximum atomic E-state index is 13.4. The molecule has 16 heteroatoms. The van der Waals surface area contributed by atoms with Crippen molar-refractivity contribution >= 4 is 40.5 Å². The van der Waals surface area contributed by atoms with Gasteiger partial charge < -0.3 is 62.9 Å². The molecular formula is C40H53IN6O9. The van der Waals surface area contributed by atoms with Crippen LogP contribution in [0.5, 0.6) is 17.2 Å². The first-order valence-corrected chi connectivity index (χ1v) is 18.6. The Morgan fingerprint density at radius 2 is 1.66 bits per heavy atom. The van der Waals surface area contributed by atoms with E-state index >= 15 is 0 Å². The summed E-state index contributed by atoms with van der Waals surface area (Å²) in [5.41, 5.74) is 1.11. The summed E-state index contributed by atoms with van der Waals surface area (Å²) >= 11 is 0. The van der Waals surface area contributed by atoms with Crippen molar-refractivity contribution in [2.24, 2.45) is 0 Å². The van der Waals surface area contributed by atoms with Gasteiger partial charge in [0.05, 0.1) is 78.2 Å². The zero-order valence-corrected chi connectivity index (χ0v) is 35.2. The summed E-state index contributed by atoms with van der Waals surface area (Å²) in [6.07, 6.45) is 2.96. The summed E-state index contributed by atoms with van der Waals surface area (Å²) in [6.45, 7) is 9.92. The summed E-state index contributed by atoms with van der Waals surface area (Å²) < 4.78 is 23.0. The molecule has 56 heavy (non-hydrogen) atoms. The van der Waals surface area contributed by atoms with Crippen LogP contribution >= 0.6 is 0 Å². The fourth-order valence-electron chi connectivity index (χ4n) is 6.83. The van der Waals surface area contributed by atoms with Crippen LogP contribution in [0, 0.1) is 0 Å². The van der Waals surface area contributed by atoms with Gasteiger partial charge in [-0.3, -0.25) is 29.1 Å². The van der Waals surface area contributed by atoms with Crippen molar-refractivity contribution in [2.45, 2.75) is 58.2 Å². The number of pyridine rings is 1. The van der Waals surface area contributed by atoms with Gasteiger partial charge in [0.15, 0.2) is 11.5 Å². The van der Waals surface area contributed by atoms with Gasteiger partial charge in [-0.2, -0.15) is 0 Å². The van der Waals surface area contributed by atoms with E-state index < -0.39 is 35.1 Å². The summed E-state index contributed by atoms with van der Waals surface area (Å²) in [6, 6.07) is 11.2. The molecule has 4 amide bonds. The van der Waals surface area contributed by atoms with E-state index in [1.807, 2.05) is 26.8 Å². The third-order valence-electron chi connectivity index (χ3n) is 9.94. The number of carbonyl (C=O) groups excluding carboxylic acids is 5. The Labute approximate surface area is 344 Å². The van der Waals surface area contributed by atoms with Crippen LogP contribution in [0.2, 0.25) is 0 Å². The molecule has 0 radical (unpaired) electrons. The van der Waals surface area contributed by atoms with Gasteiger partial charge in [0.25, 0.3) is 11.8 Å². The second kappa shape index (κ2) is 19.4. The molecule has 3 heterocycles. The van der Waals surface area contributed by atoms with Gasteiger partial charge in [-0.05, 0) is 75.6 Å². The van der Waals surface area contributed by atoms with E-state index in [1.165, 1.54) is 25.3 Å². The average molecular weight is 889 g/mol. The van der Waals surface area contributed by atoms with Crippen molar-refractivity contribution < 1.29 is 71.4 Å². The zero-order chi connectivity index (χ0) is 39.8. The van der Waals surface area contributed by atoms with E-state index in [2.05, 4.69) is 22.7 Å². The molecule has 2 aliphatic rings. The van der Waals surface area contributed by atoms with Crippen molar-refractivity contribution in [2.75, 3.05) is 73.7 Å². The number of nitrogens with zero attached hydrogens (tertiary/aromatic N) is 4. The molecular weight excluding hydrogens is 835 g/mol. The van der Waals surface area contributed by atoms with Crippen LogP contribution in [0.3, 0.4) is 0 Å². The number of ketones is 1. The minimum atomic E-state index is -0.914. The highest BCUT2D eigenvalue weighted by molar-refractivity contribution is 6.38. The Morgan fingerprint density at radius 3 is 2.36 bits per heavy atom. The highest BCUT2D eigenvalue weighted by Crippen LogP contribution is 2.28. The number of fused-ring (bicyclic) bond motifs is 1. The average Bonchev–Trinajstić information content (AvgIpc) is 3.66. The number of ether oxygens (including phenoxy) is 4. The molecule has 0 spiro atoms. The van der Waals surface area contributed by atoms with Crippen molar-refractivity contribution in [1.82, 2.24) is 25.4 Å². The maximum absolute atomic E-state index is 13.4. The number of likely N-dealkylation sites (N-methyl/N-ethyl adjacent to an activating group) is 1. The predicted octanol–water partition coefficient (Wildman–Crippen LogP) is 0.329. The number of methoxy groups -OCH3 is 2. The Kier molecular flexibility index (Phi) is 15.3. The summed E-state index contributed by atoms with van der Waals surface area (Å²) in [5.74, 6) is -0.806. The number of carbonyl (C=O) groups is 5. The molecule has 0 unspecified atom stereocenters. The van der Waals surface area contributed by atoms with Crippen molar-refractivity contribution in [1.29, 1.82) is 0 Å². The fourth-order valence-corrected chi connectivity index (χ4v) is 6.83. The normalized spacial score (nSPS) is 16.4. The smallest absolute Gasteiger partial charge is 0.410 e. The number of quaternary nitrogens is 1. The molecule has 0 saturated carbocycles. The van der Waals surface area contributed by atoms with Gasteiger partial charge in [-0.1, -0.05) is 6.07 Å². The van der Waals surface area contributed by atoms with Crippen LogP contribution in [-0.2, 0) is 25.7 Å². The molecule has 15 nitrogen and oxygen atoms in total. The van der Waals surface area contributed by atoms with Crippen molar-refractivity contribution in [3.05, 3.63) is 59.8 Å². The van der Waals surface area contributed by atoms with Gasteiger partial charge in [0.2, 0.25) is 11.7 Å². The second-order valence-electron chi connectivity index (χ2n) is 15.2. The zero-order valence-electron chi connectivity index (χ0n) is 33.0. The van der Waals surface area contributed by atoms with Crippen LogP contribution in [0.1, 0.15) is 56.0 Å². The number of hydrogen-bond acceptors (Lipinski definition) is 10. The molecule has 304 valence electrons. The summed E-state index contributed by atoms with van der Waals surface area (Å²) in [4.78, 5) is 72.6. The molecule has 0 aliphatic carbocycles. The first-order valence-electron chi connectivity index (χ1n) is 18.6. The van der Waals surface area contributed by atoms with Crippen LogP contribution in [-0.4, -0.2) is 134 Å². The third-order valence-corrected chi connectivity index (χ3v) is 9.94.